The van der Waals surface area contributed by atoms with E-state index in [-0.39, 0.29) is 5.91 Å². The van der Waals surface area contributed by atoms with E-state index in [1.165, 1.54) is 0 Å². The molecule has 2 rings (SSSR count). The van der Waals surface area contributed by atoms with Gasteiger partial charge >= 0.3 is 0 Å². The Kier molecular flexibility index (Phi) is 3.79. The van der Waals surface area contributed by atoms with Gasteiger partial charge in [0.15, 0.2) is 0 Å². The zero-order chi connectivity index (χ0) is 14.7. The third-order valence-corrected chi connectivity index (χ3v) is 3.00. The minimum atomic E-state index is -0.268. The molecule has 0 bridgehead atoms. The van der Waals surface area contributed by atoms with Crippen molar-refractivity contribution in [3.63, 3.8) is 0 Å². The normalized spacial score (nSPS) is 10.1. The van der Waals surface area contributed by atoms with Gasteiger partial charge in [-0.3, -0.25) is 4.79 Å². The van der Waals surface area contributed by atoms with Crippen molar-refractivity contribution in [3.8, 4) is 5.75 Å². The quantitative estimate of drug-likeness (QED) is 0.748. The summed E-state index contributed by atoms with van der Waals surface area (Å²) >= 11 is 0. The van der Waals surface area contributed by atoms with E-state index in [9.17, 15) is 4.79 Å². The first-order chi connectivity index (χ1) is 9.51. The van der Waals surface area contributed by atoms with Gasteiger partial charge in [-0.25, -0.2) is 0 Å². The number of carbonyl (C=O) groups is 1. The predicted octanol–water partition coefficient (Wildman–Crippen LogP) is 2.42. The Hall–Kier alpha value is -2.69. The fraction of sp³-hybridized carbons (Fsp3) is 0.133. The Morgan fingerprint density at radius 1 is 1.15 bits per heavy atom. The first-order valence-corrected chi connectivity index (χ1v) is 6.12. The summed E-state index contributed by atoms with van der Waals surface area (Å²) in [6, 6.07) is 10.2. The van der Waals surface area contributed by atoms with Crippen molar-refractivity contribution in [1.29, 1.82) is 0 Å². The van der Waals surface area contributed by atoms with Crippen LogP contribution in [0.2, 0.25) is 0 Å². The molecule has 2 aromatic rings. The predicted molar refractivity (Wildman–Crippen MR) is 81.0 cm³/mol. The summed E-state index contributed by atoms with van der Waals surface area (Å²) < 4.78 is 5.13. The van der Waals surface area contributed by atoms with E-state index in [0.29, 0.717) is 22.6 Å². The highest BCUT2D eigenvalue weighted by molar-refractivity contribution is 6.08. The third kappa shape index (κ3) is 2.83. The molecule has 5 heteroatoms. The lowest BCUT2D eigenvalue weighted by Gasteiger charge is -2.11. The molecule has 0 atom stereocenters. The summed E-state index contributed by atoms with van der Waals surface area (Å²) in [5.74, 6) is 0.475. The van der Waals surface area contributed by atoms with Crippen LogP contribution in [0.5, 0.6) is 5.75 Å². The topological polar surface area (TPSA) is 90.4 Å². The van der Waals surface area contributed by atoms with Crippen LogP contribution in [0.25, 0.3) is 0 Å². The molecule has 20 heavy (non-hydrogen) atoms. The molecule has 0 aliphatic carbocycles. The molecule has 0 saturated carbocycles. The number of hydrogen-bond acceptors (Lipinski definition) is 4. The summed E-state index contributed by atoms with van der Waals surface area (Å²) in [6.07, 6.45) is 0. The molecule has 0 spiro atoms. The van der Waals surface area contributed by atoms with Gasteiger partial charge in [0.25, 0.3) is 5.91 Å². The highest BCUT2D eigenvalue weighted by atomic mass is 16.5. The summed E-state index contributed by atoms with van der Waals surface area (Å²) in [4.78, 5) is 12.2. The number of nitrogens with one attached hydrogen (secondary N) is 1. The summed E-state index contributed by atoms with van der Waals surface area (Å²) in [7, 11) is 1.60. The standard InChI is InChI=1S/C15H17N3O2/c1-9-7-11(20-2)4-6-14(9)18-15(19)12-5-3-10(16)8-13(12)17/h3-8H,16-17H2,1-2H3,(H,18,19). The van der Waals surface area contributed by atoms with Crippen molar-refractivity contribution >= 4 is 23.0 Å². The first kappa shape index (κ1) is 13.7. The van der Waals surface area contributed by atoms with Gasteiger partial charge in [0, 0.05) is 17.1 Å². The Morgan fingerprint density at radius 3 is 2.50 bits per heavy atom. The SMILES string of the molecule is COc1ccc(NC(=O)c2ccc(N)cc2N)c(C)c1. The molecule has 0 aliphatic heterocycles. The Balaban J connectivity index is 2.23. The van der Waals surface area contributed by atoms with Crippen LogP contribution in [-0.4, -0.2) is 13.0 Å². The van der Waals surface area contributed by atoms with E-state index in [2.05, 4.69) is 5.32 Å². The smallest absolute Gasteiger partial charge is 0.257 e. The van der Waals surface area contributed by atoms with E-state index in [4.69, 9.17) is 16.2 Å². The minimum Gasteiger partial charge on any atom is -0.497 e. The fourth-order valence-electron chi connectivity index (χ4n) is 1.88. The molecule has 0 heterocycles. The molecule has 0 unspecified atom stereocenters. The van der Waals surface area contributed by atoms with Gasteiger partial charge in [-0.1, -0.05) is 0 Å². The lowest BCUT2D eigenvalue weighted by molar-refractivity contribution is 0.102. The highest BCUT2D eigenvalue weighted by Crippen LogP contribution is 2.23. The van der Waals surface area contributed by atoms with Crippen LogP contribution in [0.4, 0.5) is 17.1 Å². The number of ether oxygens (including phenoxy) is 1. The second kappa shape index (κ2) is 5.52. The summed E-state index contributed by atoms with van der Waals surface area (Å²) in [6.45, 7) is 1.89. The van der Waals surface area contributed by atoms with Gasteiger partial charge in [-0.05, 0) is 48.9 Å². The van der Waals surface area contributed by atoms with Gasteiger partial charge in [0.2, 0.25) is 0 Å². The van der Waals surface area contributed by atoms with Crippen LogP contribution in [0.3, 0.4) is 0 Å². The number of carbonyl (C=O) groups excluding carboxylic acids is 1. The molecular weight excluding hydrogens is 254 g/mol. The van der Waals surface area contributed by atoms with Crippen LogP contribution in [0.1, 0.15) is 15.9 Å². The number of rotatable bonds is 3. The molecular formula is C15H17N3O2. The first-order valence-electron chi connectivity index (χ1n) is 6.12. The van der Waals surface area contributed by atoms with Gasteiger partial charge in [-0.2, -0.15) is 0 Å². The van der Waals surface area contributed by atoms with Gasteiger partial charge in [0.1, 0.15) is 5.75 Å². The van der Waals surface area contributed by atoms with Crippen LogP contribution >= 0.6 is 0 Å². The second-order valence-corrected chi connectivity index (χ2v) is 4.48. The number of amides is 1. The summed E-state index contributed by atoms with van der Waals surface area (Å²) in [5.41, 5.74) is 14.3. The highest BCUT2D eigenvalue weighted by Gasteiger charge is 2.11. The molecule has 5 nitrogen and oxygen atoms in total. The van der Waals surface area contributed by atoms with Gasteiger partial charge in [0.05, 0.1) is 12.7 Å². The fourth-order valence-corrected chi connectivity index (χ4v) is 1.88. The molecule has 5 N–H and O–H groups in total. The number of nitrogens with two attached hydrogens (primary N) is 2. The van der Waals surface area contributed by atoms with Crippen LogP contribution in [0, 0.1) is 6.92 Å². The number of anilines is 3. The van der Waals surface area contributed by atoms with E-state index in [1.54, 1.807) is 37.4 Å². The number of methoxy groups -OCH3 is 1. The molecule has 104 valence electrons. The van der Waals surface area contributed by atoms with Crippen molar-refractivity contribution in [3.05, 3.63) is 47.5 Å². The third-order valence-electron chi connectivity index (χ3n) is 3.00. The second-order valence-electron chi connectivity index (χ2n) is 4.48. The number of nitrogen functional groups attached to an aromatic ring is 2. The Bertz CT molecular complexity index is 654. The largest absolute Gasteiger partial charge is 0.497 e. The molecule has 0 fully saturated rings. The molecule has 2 aromatic carbocycles. The molecule has 0 radical (unpaired) electrons. The molecule has 1 amide bonds. The number of hydrogen-bond donors (Lipinski definition) is 3. The van der Waals surface area contributed by atoms with E-state index in [1.807, 2.05) is 13.0 Å². The monoisotopic (exact) mass is 271 g/mol. The van der Waals surface area contributed by atoms with Gasteiger partial charge < -0.3 is 21.5 Å². The number of aryl methyl sites for hydroxylation is 1. The van der Waals surface area contributed by atoms with E-state index in [0.717, 1.165) is 11.3 Å². The van der Waals surface area contributed by atoms with Crippen LogP contribution in [0.15, 0.2) is 36.4 Å². The Morgan fingerprint density at radius 2 is 1.90 bits per heavy atom. The summed E-state index contributed by atoms with van der Waals surface area (Å²) in [5, 5.41) is 2.82. The van der Waals surface area contributed by atoms with E-state index >= 15 is 0 Å². The average Bonchev–Trinajstić information content (AvgIpc) is 2.40. The zero-order valence-corrected chi connectivity index (χ0v) is 11.4. The van der Waals surface area contributed by atoms with E-state index < -0.39 is 0 Å². The average molecular weight is 271 g/mol. The van der Waals surface area contributed by atoms with Crippen molar-refractivity contribution in [1.82, 2.24) is 0 Å². The number of benzene rings is 2. The molecule has 0 saturated heterocycles. The van der Waals surface area contributed by atoms with Crippen molar-refractivity contribution in [2.75, 3.05) is 23.9 Å². The maximum atomic E-state index is 12.2. The van der Waals surface area contributed by atoms with Crippen LogP contribution in [-0.2, 0) is 0 Å². The maximum absolute atomic E-state index is 12.2. The Labute approximate surface area is 117 Å². The van der Waals surface area contributed by atoms with Crippen LogP contribution < -0.4 is 21.5 Å². The molecule has 0 aliphatic rings. The van der Waals surface area contributed by atoms with Gasteiger partial charge in [-0.15, -0.1) is 0 Å². The van der Waals surface area contributed by atoms with Crippen molar-refractivity contribution in [2.45, 2.75) is 6.92 Å². The lowest BCUT2D eigenvalue weighted by atomic mass is 10.1. The van der Waals surface area contributed by atoms with Crippen molar-refractivity contribution < 1.29 is 9.53 Å². The lowest BCUT2D eigenvalue weighted by Crippen LogP contribution is -2.15. The molecule has 0 aromatic heterocycles. The minimum absolute atomic E-state index is 0.268. The zero-order valence-electron chi connectivity index (χ0n) is 11.4. The maximum Gasteiger partial charge on any atom is 0.257 e. The van der Waals surface area contributed by atoms with Crippen molar-refractivity contribution in [2.24, 2.45) is 0 Å².